The molecule has 3 aromatic carbocycles. The summed E-state index contributed by atoms with van der Waals surface area (Å²) >= 11 is 8.55. The number of hydrogen-bond acceptors (Lipinski definition) is 11. The van der Waals surface area contributed by atoms with Crippen molar-refractivity contribution in [1.29, 1.82) is 0 Å². The van der Waals surface area contributed by atoms with E-state index in [0.717, 1.165) is 65.3 Å². The van der Waals surface area contributed by atoms with Crippen molar-refractivity contribution in [3.05, 3.63) is 68.6 Å². The summed E-state index contributed by atoms with van der Waals surface area (Å²) in [5.41, 5.74) is 8.18. The third kappa shape index (κ3) is 7.98. The average molecular weight is 734 g/mol. The molecule has 0 saturated carbocycles. The molecule has 0 saturated heterocycles. The molecular formula is C30H30Br2N4O6S. The van der Waals surface area contributed by atoms with E-state index in [0.29, 0.717) is 63.9 Å². The minimum atomic E-state index is 0.00131. The molecule has 0 aliphatic heterocycles. The summed E-state index contributed by atoms with van der Waals surface area (Å²) < 4.78 is 32.3. The number of fused-ring (bicyclic) bond motifs is 2. The number of nitrogens with zero attached hydrogens (tertiary/aromatic N) is 4. The number of benzene rings is 3. The summed E-state index contributed by atoms with van der Waals surface area (Å²) in [6.07, 6.45) is 0. The van der Waals surface area contributed by atoms with Gasteiger partial charge in [-0.25, -0.2) is 9.97 Å². The van der Waals surface area contributed by atoms with Crippen LogP contribution in [-0.4, -0.2) is 81.8 Å². The Bertz CT molecular complexity index is 1520. The summed E-state index contributed by atoms with van der Waals surface area (Å²) in [5, 5.41) is 17.6. The lowest BCUT2D eigenvalue weighted by atomic mass is 10.0. The van der Waals surface area contributed by atoms with E-state index in [2.05, 4.69) is 40.6 Å². The molecule has 0 unspecified atom stereocenters. The molecule has 5 aromatic rings. The van der Waals surface area contributed by atoms with E-state index < -0.39 is 0 Å². The lowest BCUT2D eigenvalue weighted by molar-refractivity contribution is 0.0274. The fraction of sp³-hybridized carbons (Fsp3) is 0.333. The minimum absolute atomic E-state index is 0.00131. The highest BCUT2D eigenvalue weighted by atomic mass is 79.9. The molecule has 0 atom stereocenters. The predicted octanol–water partition coefficient (Wildman–Crippen LogP) is 5.54. The maximum atomic E-state index is 8.81. The second kappa shape index (κ2) is 16.0. The molecule has 2 N–H and O–H groups in total. The van der Waals surface area contributed by atoms with Crippen LogP contribution in [0.3, 0.4) is 0 Å². The first-order valence-corrected chi connectivity index (χ1v) is 15.9. The highest BCUT2D eigenvalue weighted by molar-refractivity contribution is 9.11. The van der Waals surface area contributed by atoms with Gasteiger partial charge in [-0.2, -0.15) is 8.75 Å². The van der Waals surface area contributed by atoms with Gasteiger partial charge in [0.2, 0.25) is 0 Å². The van der Waals surface area contributed by atoms with E-state index >= 15 is 0 Å². The summed E-state index contributed by atoms with van der Waals surface area (Å²) in [6, 6.07) is 16.2. The van der Waals surface area contributed by atoms with Gasteiger partial charge in [0.15, 0.2) is 0 Å². The maximum absolute atomic E-state index is 8.81. The first-order chi connectivity index (χ1) is 21.1. The number of hydrogen-bond donors (Lipinski definition) is 2. The van der Waals surface area contributed by atoms with Crippen LogP contribution in [0.25, 0.3) is 44.6 Å². The van der Waals surface area contributed by atoms with Crippen LogP contribution in [0.15, 0.2) is 57.5 Å². The summed E-state index contributed by atoms with van der Waals surface area (Å²) in [7, 11) is 0. The van der Waals surface area contributed by atoms with Crippen LogP contribution in [0, 0.1) is 0 Å². The predicted molar refractivity (Wildman–Crippen MR) is 172 cm³/mol. The molecule has 0 aliphatic rings. The molecule has 2 aromatic heterocycles. The molecule has 0 bridgehead atoms. The molecule has 13 heteroatoms. The van der Waals surface area contributed by atoms with Crippen LogP contribution in [0.2, 0.25) is 0 Å². The SMILES string of the molecule is OCCOCCOCc1ccc(-c2nc3c(Br)c4nsnc4c(Br)c3nc2-c2ccc(COCCOCCO)cc2)cc1. The van der Waals surface area contributed by atoms with Crippen LogP contribution >= 0.6 is 43.6 Å². The average Bonchev–Trinajstić information content (AvgIpc) is 3.54. The largest absolute Gasteiger partial charge is 0.394 e. The van der Waals surface area contributed by atoms with Crippen molar-refractivity contribution in [3.8, 4) is 22.5 Å². The Hall–Kier alpha value is -2.46. The molecule has 226 valence electrons. The highest BCUT2D eigenvalue weighted by Crippen LogP contribution is 2.40. The number of aliphatic hydroxyl groups is 2. The van der Waals surface area contributed by atoms with Gasteiger partial charge in [-0.15, -0.1) is 0 Å². The molecule has 0 radical (unpaired) electrons. The van der Waals surface area contributed by atoms with Gasteiger partial charge in [-0.05, 0) is 43.0 Å². The van der Waals surface area contributed by atoms with E-state index in [9.17, 15) is 0 Å². The van der Waals surface area contributed by atoms with Crippen molar-refractivity contribution in [2.75, 3.05) is 52.9 Å². The number of aromatic nitrogens is 4. The van der Waals surface area contributed by atoms with E-state index in [1.807, 2.05) is 48.5 Å². The van der Waals surface area contributed by atoms with Gasteiger partial charge < -0.3 is 29.2 Å². The third-order valence-corrected chi connectivity index (χ3v) is 8.45. The molecule has 2 heterocycles. The second-order valence-electron chi connectivity index (χ2n) is 9.38. The monoisotopic (exact) mass is 732 g/mol. The summed E-state index contributed by atoms with van der Waals surface area (Å²) in [4.78, 5) is 10.3. The number of ether oxygens (including phenoxy) is 4. The van der Waals surface area contributed by atoms with Gasteiger partial charge in [0.05, 0.1) is 98.1 Å². The van der Waals surface area contributed by atoms with E-state index in [4.69, 9.17) is 39.1 Å². The Kier molecular flexibility index (Phi) is 11.9. The maximum Gasteiger partial charge on any atom is 0.122 e. The highest BCUT2D eigenvalue weighted by Gasteiger charge is 2.21. The van der Waals surface area contributed by atoms with Gasteiger partial charge >= 0.3 is 0 Å². The Morgan fingerprint density at radius 1 is 0.535 bits per heavy atom. The topological polar surface area (TPSA) is 129 Å². The Balaban J connectivity index is 1.43. The minimum Gasteiger partial charge on any atom is -0.394 e. The normalized spacial score (nSPS) is 11.6. The zero-order valence-corrected chi connectivity index (χ0v) is 27.2. The molecule has 0 spiro atoms. The van der Waals surface area contributed by atoms with E-state index in [-0.39, 0.29) is 13.2 Å². The first kappa shape index (κ1) is 31.9. The van der Waals surface area contributed by atoms with Crippen LogP contribution < -0.4 is 0 Å². The number of halogens is 2. The second-order valence-corrected chi connectivity index (χ2v) is 11.5. The summed E-state index contributed by atoms with van der Waals surface area (Å²) in [6.45, 7) is 3.28. The Labute approximate surface area is 269 Å². The van der Waals surface area contributed by atoms with Crippen LogP contribution in [0.5, 0.6) is 0 Å². The quantitative estimate of drug-likeness (QED) is 0.125. The summed E-state index contributed by atoms with van der Waals surface area (Å²) in [5.74, 6) is 0. The Morgan fingerprint density at radius 2 is 0.930 bits per heavy atom. The third-order valence-electron chi connectivity index (χ3n) is 6.42. The van der Waals surface area contributed by atoms with Crippen molar-refractivity contribution in [1.82, 2.24) is 18.7 Å². The molecule has 5 rings (SSSR count). The fourth-order valence-corrected chi connectivity index (χ4v) is 6.21. The van der Waals surface area contributed by atoms with Gasteiger partial charge in [0.25, 0.3) is 0 Å². The zero-order valence-electron chi connectivity index (χ0n) is 23.2. The molecular weight excluding hydrogens is 704 g/mol. The lowest BCUT2D eigenvalue weighted by Crippen LogP contribution is -2.07. The zero-order chi connectivity index (χ0) is 30.0. The van der Waals surface area contributed by atoms with Gasteiger partial charge in [-0.3, -0.25) is 0 Å². The van der Waals surface area contributed by atoms with Crippen LogP contribution in [-0.2, 0) is 32.2 Å². The van der Waals surface area contributed by atoms with E-state index in [1.54, 1.807) is 0 Å². The molecule has 10 nitrogen and oxygen atoms in total. The van der Waals surface area contributed by atoms with Crippen LogP contribution in [0.1, 0.15) is 11.1 Å². The Morgan fingerprint density at radius 3 is 1.33 bits per heavy atom. The van der Waals surface area contributed by atoms with Crippen molar-refractivity contribution >= 4 is 65.7 Å². The van der Waals surface area contributed by atoms with Crippen molar-refractivity contribution < 1.29 is 29.2 Å². The first-order valence-electron chi connectivity index (χ1n) is 13.6. The molecule has 0 aliphatic carbocycles. The number of rotatable bonds is 16. The fourth-order valence-electron chi connectivity index (χ4n) is 4.31. The van der Waals surface area contributed by atoms with Gasteiger partial charge in [0.1, 0.15) is 22.1 Å². The van der Waals surface area contributed by atoms with Crippen molar-refractivity contribution in [2.45, 2.75) is 13.2 Å². The molecule has 0 fully saturated rings. The number of aliphatic hydroxyl groups excluding tert-OH is 2. The van der Waals surface area contributed by atoms with Crippen molar-refractivity contribution in [3.63, 3.8) is 0 Å². The lowest BCUT2D eigenvalue weighted by Gasteiger charge is -2.14. The van der Waals surface area contributed by atoms with Gasteiger partial charge in [-0.1, -0.05) is 48.5 Å². The molecule has 43 heavy (non-hydrogen) atoms. The van der Waals surface area contributed by atoms with Gasteiger partial charge in [0, 0.05) is 11.1 Å². The standard InChI is InChI=1S/C30H30Br2N4O6S/c31-23-27-28(24(32)30-29(23)35-43-36-30)34-26(22-7-3-20(4-8-22)18-42-16-14-40-12-10-38)25(33-27)21-5-1-19(2-6-21)17-41-15-13-39-11-9-37/h1-8,37-38H,9-18H2. The molecule has 0 amide bonds. The smallest absolute Gasteiger partial charge is 0.122 e. The van der Waals surface area contributed by atoms with E-state index in [1.165, 1.54) is 0 Å². The van der Waals surface area contributed by atoms with Crippen molar-refractivity contribution in [2.24, 2.45) is 0 Å². The van der Waals surface area contributed by atoms with Crippen LogP contribution in [0.4, 0.5) is 0 Å².